The lowest BCUT2D eigenvalue weighted by atomic mass is 9.79. The van der Waals surface area contributed by atoms with E-state index in [9.17, 15) is 9.18 Å². The third kappa shape index (κ3) is 3.10. The van der Waals surface area contributed by atoms with Crippen LogP contribution in [-0.4, -0.2) is 5.78 Å². The van der Waals surface area contributed by atoms with Crippen molar-refractivity contribution in [3.05, 3.63) is 77.1 Å². The van der Waals surface area contributed by atoms with Crippen molar-refractivity contribution >= 4 is 11.9 Å². The Labute approximate surface area is 124 Å². The van der Waals surface area contributed by atoms with Crippen molar-refractivity contribution in [1.82, 2.24) is 0 Å². The van der Waals surface area contributed by atoms with Gasteiger partial charge in [0.1, 0.15) is 5.82 Å². The molecule has 1 nitrogen and oxygen atoms in total. The molecule has 21 heavy (non-hydrogen) atoms. The van der Waals surface area contributed by atoms with Gasteiger partial charge in [-0.05, 0) is 54.2 Å². The Balaban J connectivity index is 1.87. The zero-order chi connectivity index (χ0) is 14.7. The normalized spacial score (nSPS) is 20.7. The van der Waals surface area contributed by atoms with Gasteiger partial charge in [-0.25, -0.2) is 4.39 Å². The minimum atomic E-state index is -0.255. The van der Waals surface area contributed by atoms with Crippen LogP contribution >= 0.6 is 0 Å². The monoisotopic (exact) mass is 280 g/mol. The van der Waals surface area contributed by atoms with Gasteiger partial charge in [-0.2, -0.15) is 0 Å². The first-order chi connectivity index (χ1) is 10.2. The standard InChI is InChI=1S/C19H17FO/c20-17-11-9-14(10-12-17)13-16-7-4-8-18(19(16)21)15-5-2-1-3-6-15/h1-3,5-6,9-13,18H,4,7-8H2/b16-13+/t18-/m0/s1. The topological polar surface area (TPSA) is 17.1 Å². The quantitative estimate of drug-likeness (QED) is 0.726. The molecule has 0 aliphatic heterocycles. The van der Waals surface area contributed by atoms with Crippen LogP contribution in [0.1, 0.15) is 36.3 Å². The first-order valence-corrected chi connectivity index (χ1v) is 7.29. The minimum Gasteiger partial charge on any atom is -0.294 e. The van der Waals surface area contributed by atoms with Crippen LogP contribution in [0.3, 0.4) is 0 Å². The van der Waals surface area contributed by atoms with Crippen molar-refractivity contribution in [3.63, 3.8) is 0 Å². The Morgan fingerprint density at radius 2 is 1.71 bits per heavy atom. The van der Waals surface area contributed by atoms with E-state index in [1.165, 1.54) is 12.1 Å². The number of benzene rings is 2. The number of ketones is 1. The van der Waals surface area contributed by atoms with E-state index in [0.717, 1.165) is 36.0 Å². The fourth-order valence-electron chi connectivity index (χ4n) is 2.88. The molecule has 0 unspecified atom stereocenters. The molecule has 1 aliphatic carbocycles. The lowest BCUT2D eigenvalue weighted by Gasteiger charge is -2.23. The molecule has 0 bridgehead atoms. The molecule has 0 radical (unpaired) electrons. The summed E-state index contributed by atoms with van der Waals surface area (Å²) in [7, 11) is 0. The molecule has 0 N–H and O–H groups in total. The molecule has 2 aromatic rings. The van der Waals surface area contributed by atoms with Crippen LogP contribution in [0, 0.1) is 5.82 Å². The Morgan fingerprint density at radius 3 is 2.43 bits per heavy atom. The molecule has 106 valence electrons. The van der Waals surface area contributed by atoms with E-state index in [1.807, 2.05) is 36.4 Å². The fourth-order valence-corrected chi connectivity index (χ4v) is 2.88. The lowest BCUT2D eigenvalue weighted by molar-refractivity contribution is -0.117. The van der Waals surface area contributed by atoms with Crippen LogP contribution in [0.5, 0.6) is 0 Å². The van der Waals surface area contributed by atoms with Crippen molar-refractivity contribution in [2.24, 2.45) is 0 Å². The van der Waals surface area contributed by atoms with Gasteiger partial charge in [-0.15, -0.1) is 0 Å². The number of hydrogen-bond donors (Lipinski definition) is 0. The van der Waals surface area contributed by atoms with Gasteiger partial charge in [0.05, 0.1) is 0 Å². The van der Waals surface area contributed by atoms with Crippen LogP contribution in [0.25, 0.3) is 6.08 Å². The molecule has 3 rings (SSSR count). The van der Waals surface area contributed by atoms with Gasteiger partial charge in [-0.1, -0.05) is 42.5 Å². The van der Waals surface area contributed by atoms with E-state index in [2.05, 4.69) is 0 Å². The molecule has 2 aromatic carbocycles. The summed E-state index contributed by atoms with van der Waals surface area (Å²) in [6.07, 6.45) is 4.62. The highest BCUT2D eigenvalue weighted by Gasteiger charge is 2.27. The minimum absolute atomic E-state index is 0.0355. The van der Waals surface area contributed by atoms with Crippen molar-refractivity contribution in [1.29, 1.82) is 0 Å². The first kappa shape index (κ1) is 13.7. The molecule has 0 saturated heterocycles. The predicted molar refractivity (Wildman–Crippen MR) is 82.4 cm³/mol. The van der Waals surface area contributed by atoms with Crippen LogP contribution in [0.2, 0.25) is 0 Å². The maximum absolute atomic E-state index is 12.9. The third-order valence-corrected chi connectivity index (χ3v) is 3.98. The van der Waals surface area contributed by atoms with E-state index >= 15 is 0 Å². The second kappa shape index (κ2) is 6.04. The fraction of sp³-hybridized carbons (Fsp3) is 0.211. The number of rotatable bonds is 2. The maximum atomic E-state index is 12.9. The molecular formula is C19H17FO. The van der Waals surface area contributed by atoms with Crippen LogP contribution < -0.4 is 0 Å². The van der Waals surface area contributed by atoms with Crippen LogP contribution in [0.4, 0.5) is 4.39 Å². The van der Waals surface area contributed by atoms with Gasteiger partial charge >= 0.3 is 0 Å². The molecule has 1 atom stereocenters. The molecular weight excluding hydrogens is 263 g/mol. The lowest BCUT2D eigenvalue weighted by Crippen LogP contribution is -2.19. The van der Waals surface area contributed by atoms with Crippen LogP contribution in [-0.2, 0) is 4.79 Å². The van der Waals surface area contributed by atoms with Gasteiger partial charge in [0.25, 0.3) is 0 Å². The first-order valence-electron chi connectivity index (χ1n) is 7.29. The Morgan fingerprint density at radius 1 is 1.00 bits per heavy atom. The summed E-state index contributed by atoms with van der Waals surface area (Å²) in [5.74, 6) is -0.0855. The molecule has 0 spiro atoms. The maximum Gasteiger partial charge on any atom is 0.166 e. The summed E-state index contributed by atoms with van der Waals surface area (Å²) in [5.41, 5.74) is 2.82. The number of Topliss-reactive ketones (excluding diaryl/α,β-unsaturated/α-hetero) is 1. The number of allylic oxidation sites excluding steroid dienone is 1. The Kier molecular flexibility index (Phi) is 3.96. The Bertz CT molecular complexity index is 656. The van der Waals surface area contributed by atoms with Gasteiger partial charge in [-0.3, -0.25) is 4.79 Å². The second-order valence-corrected chi connectivity index (χ2v) is 5.44. The zero-order valence-corrected chi connectivity index (χ0v) is 11.8. The summed E-state index contributed by atoms with van der Waals surface area (Å²) in [5, 5.41) is 0. The van der Waals surface area contributed by atoms with E-state index in [4.69, 9.17) is 0 Å². The predicted octanol–water partition coefficient (Wildman–Crippen LogP) is 4.75. The van der Waals surface area contributed by atoms with Crippen molar-refractivity contribution in [3.8, 4) is 0 Å². The highest BCUT2D eigenvalue weighted by Crippen LogP contribution is 2.33. The van der Waals surface area contributed by atoms with E-state index in [0.29, 0.717) is 0 Å². The van der Waals surface area contributed by atoms with E-state index < -0.39 is 0 Å². The molecule has 2 heteroatoms. The van der Waals surface area contributed by atoms with Crippen LogP contribution in [0.15, 0.2) is 60.2 Å². The molecule has 0 amide bonds. The number of carbonyl (C=O) groups is 1. The van der Waals surface area contributed by atoms with E-state index in [1.54, 1.807) is 12.1 Å². The SMILES string of the molecule is O=C1/C(=C/c2ccc(F)cc2)CCC[C@H]1c1ccccc1. The van der Waals surface area contributed by atoms with Crippen molar-refractivity contribution in [2.45, 2.75) is 25.2 Å². The van der Waals surface area contributed by atoms with Gasteiger partial charge in [0, 0.05) is 5.92 Å². The Hall–Kier alpha value is -2.22. The molecule has 0 aromatic heterocycles. The smallest absolute Gasteiger partial charge is 0.166 e. The second-order valence-electron chi connectivity index (χ2n) is 5.44. The number of halogens is 1. The summed E-state index contributed by atoms with van der Waals surface area (Å²) in [6.45, 7) is 0. The summed E-state index contributed by atoms with van der Waals surface area (Å²) >= 11 is 0. The van der Waals surface area contributed by atoms with Crippen molar-refractivity contribution in [2.75, 3.05) is 0 Å². The number of hydrogen-bond acceptors (Lipinski definition) is 1. The average Bonchev–Trinajstić information content (AvgIpc) is 2.52. The summed E-state index contributed by atoms with van der Waals surface area (Å²) in [4.78, 5) is 12.7. The molecule has 1 fully saturated rings. The highest BCUT2D eigenvalue weighted by atomic mass is 19.1. The average molecular weight is 280 g/mol. The molecule has 1 aliphatic rings. The molecule has 1 saturated carbocycles. The third-order valence-electron chi connectivity index (χ3n) is 3.98. The summed E-state index contributed by atoms with van der Waals surface area (Å²) in [6, 6.07) is 16.2. The largest absolute Gasteiger partial charge is 0.294 e. The van der Waals surface area contributed by atoms with E-state index in [-0.39, 0.29) is 17.5 Å². The van der Waals surface area contributed by atoms with Gasteiger partial charge in [0.15, 0.2) is 5.78 Å². The van der Waals surface area contributed by atoms with Gasteiger partial charge < -0.3 is 0 Å². The highest BCUT2D eigenvalue weighted by molar-refractivity contribution is 6.04. The zero-order valence-electron chi connectivity index (χ0n) is 11.8. The molecule has 0 heterocycles. The van der Waals surface area contributed by atoms with Crippen molar-refractivity contribution < 1.29 is 9.18 Å². The number of carbonyl (C=O) groups excluding carboxylic acids is 1. The summed E-state index contributed by atoms with van der Waals surface area (Å²) < 4.78 is 12.9. The van der Waals surface area contributed by atoms with Gasteiger partial charge in [0.2, 0.25) is 0 Å².